The molecule has 1 aromatic carbocycles. The molecule has 0 fully saturated rings. The number of methoxy groups -OCH3 is 2. The van der Waals surface area contributed by atoms with Gasteiger partial charge in [-0.3, -0.25) is 10.0 Å². The monoisotopic (exact) mass is 273 g/mol. The van der Waals surface area contributed by atoms with E-state index in [1.54, 1.807) is 12.1 Å². The molecular weight excluding hydrogens is 258 g/mol. The van der Waals surface area contributed by atoms with Gasteiger partial charge in [0.15, 0.2) is 11.5 Å². The van der Waals surface area contributed by atoms with Crippen molar-refractivity contribution in [2.45, 2.75) is 0 Å². The molecule has 0 amide bonds. The molecule has 0 radical (unpaired) electrons. The molecule has 0 heterocycles. The van der Waals surface area contributed by atoms with Crippen LogP contribution in [0.3, 0.4) is 0 Å². The first-order chi connectivity index (χ1) is 9.65. The molecular formula is C15H15NO4. The van der Waals surface area contributed by atoms with Crippen molar-refractivity contribution < 1.29 is 19.5 Å². The van der Waals surface area contributed by atoms with Crippen LogP contribution in [0, 0.1) is 0 Å². The summed E-state index contributed by atoms with van der Waals surface area (Å²) >= 11 is 0. The minimum Gasteiger partial charge on any atom is -0.492 e. The number of hydrogen-bond acceptors (Lipinski definition) is 5. The normalized spacial score (nSPS) is 14.3. The van der Waals surface area contributed by atoms with E-state index >= 15 is 0 Å². The molecule has 2 rings (SSSR count). The predicted octanol–water partition coefficient (Wildman–Crippen LogP) is 2.41. The van der Waals surface area contributed by atoms with Gasteiger partial charge in [0, 0.05) is 11.8 Å². The summed E-state index contributed by atoms with van der Waals surface area (Å²) in [5, 5.41) is 11.0. The molecule has 20 heavy (non-hydrogen) atoms. The number of carbonyl (C=O) groups excluding carboxylic acids is 1. The van der Waals surface area contributed by atoms with Crippen LogP contribution in [0.4, 0.5) is 5.69 Å². The van der Waals surface area contributed by atoms with E-state index in [0.717, 1.165) is 5.06 Å². The summed E-state index contributed by atoms with van der Waals surface area (Å²) in [7, 11) is 2.82. The molecule has 1 aromatic rings. The van der Waals surface area contributed by atoms with Crippen molar-refractivity contribution in [3.05, 3.63) is 65.8 Å². The average Bonchev–Trinajstić information content (AvgIpc) is 2.49. The SMILES string of the molecule is COC1=CC(=CN(O)c2ccccc2)C=C(OC)C1=O. The molecule has 0 aliphatic heterocycles. The lowest BCUT2D eigenvalue weighted by Crippen LogP contribution is -2.15. The molecule has 5 heteroatoms. The second-order valence-corrected chi connectivity index (χ2v) is 4.06. The van der Waals surface area contributed by atoms with Crippen molar-refractivity contribution in [3.8, 4) is 0 Å². The van der Waals surface area contributed by atoms with Gasteiger partial charge in [0.05, 0.1) is 19.9 Å². The number of allylic oxidation sites excluding steroid dienone is 3. The van der Waals surface area contributed by atoms with E-state index in [2.05, 4.69) is 0 Å². The zero-order valence-corrected chi connectivity index (χ0v) is 11.2. The number of Topliss-reactive ketones (excluding diaryl/α,β-unsaturated/α-hetero) is 1. The Balaban J connectivity index is 2.31. The number of benzene rings is 1. The molecule has 0 saturated carbocycles. The molecule has 0 atom stereocenters. The van der Waals surface area contributed by atoms with E-state index in [-0.39, 0.29) is 17.3 Å². The Hall–Kier alpha value is -2.53. The van der Waals surface area contributed by atoms with Gasteiger partial charge in [-0.1, -0.05) is 18.2 Å². The predicted molar refractivity (Wildman–Crippen MR) is 74.0 cm³/mol. The number of carbonyl (C=O) groups is 1. The van der Waals surface area contributed by atoms with Crippen molar-refractivity contribution in [1.29, 1.82) is 0 Å². The average molecular weight is 273 g/mol. The van der Waals surface area contributed by atoms with Crippen LogP contribution in [-0.4, -0.2) is 25.2 Å². The van der Waals surface area contributed by atoms with Gasteiger partial charge >= 0.3 is 0 Å². The van der Waals surface area contributed by atoms with E-state index in [0.29, 0.717) is 11.3 Å². The van der Waals surface area contributed by atoms with Crippen LogP contribution in [0.15, 0.2) is 65.8 Å². The third-order valence-electron chi connectivity index (χ3n) is 2.78. The lowest BCUT2D eigenvalue weighted by molar-refractivity contribution is -0.117. The summed E-state index contributed by atoms with van der Waals surface area (Å²) in [4.78, 5) is 11.8. The Bertz CT molecular complexity index is 561. The minimum atomic E-state index is -0.323. The number of ether oxygens (including phenoxy) is 2. The molecule has 1 aliphatic rings. The van der Waals surface area contributed by atoms with E-state index in [4.69, 9.17) is 9.47 Å². The van der Waals surface area contributed by atoms with Crippen LogP contribution in [0.1, 0.15) is 0 Å². The largest absolute Gasteiger partial charge is 0.492 e. The highest BCUT2D eigenvalue weighted by atomic mass is 16.5. The van der Waals surface area contributed by atoms with E-state index in [1.165, 1.54) is 32.6 Å². The summed E-state index contributed by atoms with van der Waals surface area (Å²) in [6, 6.07) is 9.00. The fourth-order valence-corrected chi connectivity index (χ4v) is 1.77. The molecule has 1 N–H and O–H groups in total. The van der Waals surface area contributed by atoms with Gasteiger partial charge in [-0.15, -0.1) is 0 Å². The fourth-order valence-electron chi connectivity index (χ4n) is 1.77. The summed E-state index contributed by atoms with van der Waals surface area (Å²) in [6.45, 7) is 0. The van der Waals surface area contributed by atoms with Gasteiger partial charge in [0.2, 0.25) is 0 Å². The highest BCUT2D eigenvalue weighted by Crippen LogP contribution is 2.21. The maximum atomic E-state index is 11.8. The molecule has 5 nitrogen and oxygen atoms in total. The Kier molecular flexibility index (Phi) is 4.22. The summed E-state index contributed by atoms with van der Waals surface area (Å²) < 4.78 is 10.0. The Morgan fingerprint density at radius 3 is 2.10 bits per heavy atom. The number of anilines is 1. The summed E-state index contributed by atoms with van der Waals surface area (Å²) in [5.41, 5.74) is 1.20. The molecule has 0 saturated heterocycles. The van der Waals surface area contributed by atoms with Gasteiger partial charge in [0.25, 0.3) is 5.78 Å². The molecule has 1 aliphatic carbocycles. The van der Waals surface area contributed by atoms with Crippen LogP contribution in [-0.2, 0) is 14.3 Å². The van der Waals surface area contributed by atoms with E-state index < -0.39 is 0 Å². The highest BCUT2D eigenvalue weighted by molar-refractivity contribution is 6.07. The van der Waals surface area contributed by atoms with Crippen LogP contribution in [0.25, 0.3) is 0 Å². The summed E-state index contributed by atoms with van der Waals surface area (Å²) in [5.74, 6) is 0.00507. The Morgan fingerprint density at radius 1 is 1.05 bits per heavy atom. The second kappa shape index (κ2) is 6.08. The van der Waals surface area contributed by atoms with Gasteiger partial charge in [-0.2, -0.15) is 0 Å². The lowest BCUT2D eigenvalue weighted by atomic mass is 10.1. The van der Waals surface area contributed by atoms with Crippen LogP contribution in [0.2, 0.25) is 0 Å². The second-order valence-electron chi connectivity index (χ2n) is 4.06. The first-order valence-corrected chi connectivity index (χ1v) is 5.96. The van der Waals surface area contributed by atoms with Gasteiger partial charge in [0.1, 0.15) is 0 Å². The molecule has 0 unspecified atom stereocenters. The molecule has 0 aromatic heterocycles. The van der Waals surface area contributed by atoms with Crippen molar-refractivity contribution in [2.24, 2.45) is 0 Å². The van der Waals surface area contributed by atoms with Gasteiger partial charge in [-0.25, -0.2) is 5.06 Å². The van der Waals surface area contributed by atoms with Crippen molar-refractivity contribution >= 4 is 11.5 Å². The first-order valence-electron chi connectivity index (χ1n) is 5.96. The number of para-hydroxylation sites is 1. The fraction of sp³-hybridized carbons (Fsp3) is 0.133. The zero-order chi connectivity index (χ0) is 14.5. The van der Waals surface area contributed by atoms with Gasteiger partial charge in [-0.05, 0) is 24.3 Å². The number of ketones is 1. The number of hydrogen-bond donors (Lipinski definition) is 1. The van der Waals surface area contributed by atoms with Crippen molar-refractivity contribution in [3.63, 3.8) is 0 Å². The van der Waals surface area contributed by atoms with Crippen molar-refractivity contribution in [1.82, 2.24) is 0 Å². The smallest absolute Gasteiger partial charge is 0.261 e. The molecule has 104 valence electrons. The Labute approximate surface area is 117 Å². The highest BCUT2D eigenvalue weighted by Gasteiger charge is 2.21. The number of hydroxylamine groups is 1. The van der Waals surface area contributed by atoms with Gasteiger partial charge < -0.3 is 9.47 Å². The number of rotatable bonds is 4. The third kappa shape index (κ3) is 2.89. The minimum absolute atomic E-state index is 0.164. The maximum Gasteiger partial charge on any atom is 0.261 e. The number of nitrogens with zero attached hydrogens (tertiary/aromatic N) is 1. The topological polar surface area (TPSA) is 59.0 Å². The quantitative estimate of drug-likeness (QED) is 0.854. The van der Waals surface area contributed by atoms with Crippen LogP contribution < -0.4 is 5.06 Å². The Morgan fingerprint density at radius 2 is 1.60 bits per heavy atom. The first kappa shape index (κ1) is 13.9. The van der Waals surface area contributed by atoms with E-state index in [1.807, 2.05) is 18.2 Å². The maximum absolute atomic E-state index is 11.8. The molecule has 0 bridgehead atoms. The third-order valence-corrected chi connectivity index (χ3v) is 2.78. The zero-order valence-electron chi connectivity index (χ0n) is 11.2. The van der Waals surface area contributed by atoms with Crippen LogP contribution >= 0.6 is 0 Å². The van der Waals surface area contributed by atoms with Crippen molar-refractivity contribution in [2.75, 3.05) is 19.3 Å². The summed E-state index contributed by atoms with van der Waals surface area (Å²) in [6.07, 6.45) is 4.55. The molecule has 0 spiro atoms. The van der Waals surface area contributed by atoms with E-state index in [9.17, 15) is 10.0 Å². The lowest BCUT2D eigenvalue weighted by Gasteiger charge is -2.16. The van der Waals surface area contributed by atoms with Crippen LogP contribution in [0.5, 0.6) is 0 Å². The standard InChI is InChI=1S/C15H15NO4/c1-19-13-8-11(9-14(20-2)15(13)17)10-16(18)12-6-4-3-5-7-12/h3-10,18H,1-2H3.